The zero-order valence-electron chi connectivity index (χ0n) is 9.24. The van der Waals surface area contributed by atoms with E-state index in [-0.39, 0.29) is 0 Å². The molecule has 0 saturated carbocycles. The van der Waals surface area contributed by atoms with Gasteiger partial charge in [-0.15, -0.1) is 11.3 Å². The molecule has 0 atom stereocenters. The van der Waals surface area contributed by atoms with E-state index in [1.165, 1.54) is 0 Å². The lowest BCUT2D eigenvalue weighted by atomic mass is 10.1. The van der Waals surface area contributed by atoms with E-state index in [1.54, 1.807) is 11.3 Å². The van der Waals surface area contributed by atoms with Gasteiger partial charge < -0.3 is 10.0 Å². The molecule has 1 N–H and O–H groups in total. The smallest absolute Gasteiger partial charge is 0.185 e. The van der Waals surface area contributed by atoms with Crippen molar-refractivity contribution in [3.05, 3.63) is 11.1 Å². The number of aromatic nitrogens is 1. The van der Waals surface area contributed by atoms with Crippen LogP contribution in [0, 0.1) is 6.92 Å². The van der Waals surface area contributed by atoms with Crippen molar-refractivity contribution < 1.29 is 5.11 Å². The minimum Gasteiger partial charge on any atom is -0.389 e. The second-order valence-electron chi connectivity index (χ2n) is 4.10. The molecule has 80 valence electrons. The second-order valence-corrected chi connectivity index (χ2v) is 4.93. The molecule has 0 unspecified atom stereocenters. The third-order valence-electron chi connectivity index (χ3n) is 1.84. The monoisotopic (exact) mass is 214 g/mol. The number of aliphatic hydroxyl groups is 1. The third-order valence-corrected chi connectivity index (χ3v) is 2.86. The third kappa shape index (κ3) is 3.27. The molecule has 1 aromatic rings. The van der Waals surface area contributed by atoms with Crippen LogP contribution in [0.15, 0.2) is 5.38 Å². The summed E-state index contributed by atoms with van der Waals surface area (Å²) in [7, 11) is 0. The molecule has 0 fully saturated rings. The lowest BCUT2D eigenvalue weighted by Crippen LogP contribution is -2.38. The molecule has 4 heteroatoms. The number of hydrogen-bond donors (Lipinski definition) is 1. The summed E-state index contributed by atoms with van der Waals surface area (Å²) >= 11 is 1.63. The lowest BCUT2D eigenvalue weighted by Gasteiger charge is -2.27. The van der Waals surface area contributed by atoms with Gasteiger partial charge in [0.2, 0.25) is 0 Å². The Morgan fingerprint density at radius 3 is 2.57 bits per heavy atom. The molecule has 0 saturated heterocycles. The summed E-state index contributed by atoms with van der Waals surface area (Å²) in [4.78, 5) is 6.49. The summed E-state index contributed by atoms with van der Waals surface area (Å²) in [5.41, 5.74) is 0.370. The summed E-state index contributed by atoms with van der Waals surface area (Å²) in [6, 6.07) is 0. The van der Waals surface area contributed by atoms with Crippen LogP contribution in [0.4, 0.5) is 5.13 Å². The van der Waals surface area contributed by atoms with E-state index < -0.39 is 5.60 Å². The van der Waals surface area contributed by atoms with Gasteiger partial charge in [0.1, 0.15) is 0 Å². The van der Waals surface area contributed by atoms with Crippen molar-refractivity contribution in [2.24, 2.45) is 0 Å². The first-order valence-electron chi connectivity index (χ1n) is 4.82. The average Bonchev–Trinajstić information content (AvgIpc) is 2.46. The van der Waals surface area contributed by atoms with Crippen LogP contribution in [0.1, 0.15) is 26.5 Å². The van der Waals surface area contributed by atoms with Gasteiger partial charge in [-0.3, -0.25) is 0 Å². The molecule has 3 nitrogen and oxygen atoms in total. The Hall–Kier alpha value is -0.610. The molecule has 0 radical (unpaired) electrons. The van der Waals surface area contributed by atoms with E-state index in [1.807, 2.05) is 26.2 Å². The molecule has 1 aromatic heterocycles. The molecule has 1 rings (SSSR count). The molecule has 0 aliphatic heterocycles. The molecular formula is C10H18N2OS. The summed E-state index contributed by atoms with van der Waals surface area (Å²) < 4.78 is 0. The van der Waals surface area contributed by atoms with Crippen molar-refractivity contribution in [2.75, 3.05) is 18.0 Å². The van der Waals surface area contributed by atoms with E-state index >= 15 is 0 Å². The molecule has 0 spiro atoms. The topological polar surface area (TPSA) is 36.4 Å². The van der Waals surface area contributed by atoms with Crippen molar-refractivity contribution in [1.29, 1.82) is 0 Å². The predicted molar refractivity (Wildman–Crippen MR) is 61.0 cm³/mol. The van der Waals surface area contributed by atoms with Crippen LogP contribution in [0.5, 0.6) is 0 Å². The van der Waals surface area contributed by atoms with Gasteiger partial charge in [-0.05, 0) is 27.7 Å². The average molecular weight is 214 g/mol. The Bertz CT molecular complexity index is 291. The largest absolute Gasteiger partial charge is 0.389 e. The van der Waals surface area contributed by atoms with Crippen molar-refractivity contribution in [3.63, 3.8) is 0 Å². The van der Waals surface area contributed by atoms with Crippen LogP contribution in [-0.2, 0) is 0 Å². The van der Waals surface area contributed by atoms with Gasteiger partial charge in [0.15, 0.2) is 5.13 Å². The Kier molecular flexibility index (Phi) is 3.50. The van der Waals surface area contributed by atoms with Crippen molar-refractivity contribution in [3.8, 4) is 0 Å². The standard InChI is InChI=1S/C10H18N2OS/c1-5-12(7-10(3,4)13)9-11-8(2)6-14-9/h6,13H,5,7H2,1-4H3. The molecule has 0 aliphatic rings. The fourth-order valence-electron chi connectivity index (χ4n) is 1.27. The highest BCUT2D eigenvalue weighted by Gasteiger charge is 2.19. The van der Waals surface area contributed by atoms with E-state index in [0.717, 1.165) is 17.4 Å². The fraction of sp³-hybridized carbons (Fsp3) is 0.700. The molecule has 0 amide bonds. The summed E-state index contributed by atoms with van der Waals surface area (Å²) in [6.45, 7) is 9.18. The number of likely N-dealkylation sites (N-methyl/N-ethyl adjacent to an activating group) is 1. The highest BCUT2D eigenvalue weighted by atomic mass is 32.1. The van der Waals surface area contributed by atoms with Gasteiger partial charge >= 0.3 is 0 Å². The number of hydrogen-bond acceptors (Lipinski definition) is 4. The van der Waals surface area contributed by atoms with Crippen molar-refractivity contribution >= 4 is 16.5 Å². The molecule has 0 bridgehead atoms. The molecule has 0 aliphatic carbocycles. The van der Waals surface area contributed by atoms with Gasteiger partial charge in [0.25, 0.3) is 0 Å². The Morgan fingerprint density at radius 1 is 1.57 bits per heavy atom. The number of anilines is 1. The van der Waals surface area contributed by atoms with E-state index in [0.29, 0.717) is 6.54 Å². The number of nitrogens with zero attached hydrogens (tertiary/aromatic N) is 2. The van der Waals surface area contributed by atoms with Crippen LogP contribution in [0.25, 0.3) is 0 Å². The quantitative estimate of drug-likeness (QED) is 0.833. The van der Waals surface area contributed by atoms with Gasteiger partial charge in [0.05, 0.1) is 11.3 Å². The number of thiazole rings is 1. The normalized spacial score (nSPS) is 11.8. The SMILES string of the molecule is CCN(CC(C)(C)O)c1nc(C)cs1. The maximum absolute atomic E-state index is 9.72. The van der Waals surface area contributed by atoms with Gasteiger partial charge in [-0.1, -0.05) is 0 Å². The first kappa shape index (κ1) is 11.5. The fourth-order valence-corrected chi connectivity index (χ4v) is 2.14. The molecule has 0 aromatic carbocycles. The number of rotatable bonds is 4. The van der Waals surface area contributed by atoms with Gasteiger partial charge in [-0.2, -0.15) is 0 Å². The second kappa shape index (κ2) is 4.28. The zero-order chi connectivity index (χ0) is 10.8. The predicted octanol–water partition coefficient (Wildman–Crippen LogP) is 2.05. The molecule has 1 heterocycles. The van der Waals surface area contributed by atoms with Crippen molar-refractivity contribution in [2.45, 2.75) is 33.3 Å². The van der Waals surface area contributed by atoms with Crippen LogP contribution < -0.4 is 4.90 Å². The Morgan fingerprint density at radius 2 is 2.21 bits per heavy atom. The summed E-state index contributed by atoms with van der Waals surface area (Å²) in [6.07, 6.45) is 0. The minimum absolute atomic E-state index is 0.621. The van der Waals surface area contributed by atoms with Gasteiger partial charge in [0, 0.05) is 18.5 Å². The van der Waals surface area contributed by atoms with E-state index in [2.05, 4.69) is 16.8 Å². The summed E-state index contributed by atoms with van der Waals surface area (Å²) in [5.74, 6) is 0. The highest BCUT2D eigenvalue weighted by Crippen LogP contribution is 2.21. The number of aryl methyl sites for hydroxylation is 1. The first-order valence-corrected chi connectivity index (χ1v) is 5.70. The molecule has 14 heavy (non-hydrogen) atoms. The highest BCUT2D eigenvalue weighted by molar-refractivity contribution is 7.13. The Labute approximate surface area is 89.4 Å². The van der Waals surface area contributed by atoms with Crippen LogP contribution >= 0.6 is 11.3 Å². The Balaban J connectivity index is 2.72. The van der Waals surface area contributed by atoms with Crippen LogP contribution in [0.2, 0.25) is 0 Å². The van der Waals surface area contributed by atoms with Gasteiger partial charge in [-0.25, -0.2) is 4.98 Å². The minimum atomic E-state index is -0.671. The maximum Gasteiger partial charge on any atom is 0.185 e. The van der Waals surface area contributed by atoms with Crippen LogP contribution in [-0.4, -0.2) is 28.8 Å². The van der Waals surface area contributed by atoms with Crippen LogP contribution in [0.3, 0.4) is 0 Å². The zero-order valence-corrected chi connectivity index (χ0v) is 10.1. The first-order chi connectivity index (χ1) is 6.42. The van der Waals surface area contributed by atoms with E-state index in [9.17, 15) is 5.11 Å². The van der Waals surface area contributed by atoms with E-state index in [4.69, 9.17) is 0 Å². The van der Waals surface area contributed by atoms with Crippen molar-refractivity contribution in [1.82, 2.24) is 4.98 Å². The lowest BCUT2D eigenvalue weighted by molar-refractivity contribution is 0.0876. The maximum atomic E-state index is 9.72. The summed E-state index contributed by atoms with van der Waals surface area (Å²) in [5, 5.41) is 12.7. The molecular weight excluding hydrogens is 196 g/mol.